The third kappa shape index (κ3) is 1.99. The molecule has 0 spiro atoms. The van der Waals surface area contributed by atoms with Crippen LogP contribution in [-0.2, 0) is 4.74 Å². The van der Waals surface area contributed by atoms with Crippen molar-refractivity contribution in [3.05, 3.63) is 0 Å². The Balaban J connectivity index is 1.89. The number of nitrogens with one attached hydrogen (secondary N) is 1. The van der Waals surface area contributed by atoms with Gasteiger partial charge in [0, 0.05) is 30.5 Å². The molecule has 0 bridgehead atoms. The fourth-order valence-corrected chi connectivity index (χ4v) is 3.26. The lowest BCUT2D eigenvalue weighted by Crippen LogP contribution is -2.69. The molecule has 0 radical (unpaired) electrons. The lowest BCUT2D eigenvalue weighted by atomic mass is 9.55. The zero-order chi connectivity index (χ0) is 11.8. The molecule has 0 aromatic carbocycles. The molecule has 16 heavy (non-hydrogen) atoms. The van der Waals surface area contributed by atoms with Crippen molar-refractivity contribution >= 4 is 0 Å². The maximum Gasteiger partial charge on any atom is 0.0895 e. The second-order valence-corrected chi connectivity index (χ2v) is 5.64. The monoisotopic (exact) mass is 229 g/mol. The molecule has 4 unspecified atom stereocenters. The van der Waals surface area contributed by atoms with Gasteiger partial charge >= 0.3 is 0 Å². The summed E-state index contributed by atoms with van der Waals surface area (Å²) in [6, 6.07) is 0.402. The number of aliphatic hydroxyl groups excluding tert-OH is 2. The topological polar surface area (TPSA) is 61.7 Å². The van der Waals surface area contributed by atoms with Gasteiger partial charge < -0.3 is 20.3 Å². The van der Waals surface area contributed by atoms with Crippen LogP contribution in [0.5, 0.6) is 0 Å². The lowest BCUT2D eigenvalue weighted by Gasteiger charge is -2.60. The largest absolute Gasteiger partial charge is 0.394 e. The van der Waals surface area contributed by atoms with Crippen LogP contribution < -0.4 is 5.32 Å². The standard InChI is InChI=1S/C12H23NO3/c1-12(2)10(13-6-8(15)7-14)9-4-3-5-16-11(9)12/h8-11,13-15H,3-7H2,1-2H3. The third-order valence-corrected chi connectivity index (χ3v) is 4.12. The van der Waals surface area contributed by atoms with Gasteiger partial charge in [-0.2, -0.15) is 0 Å². The first kappa shape index (κ1) is 12.3. The summed E-state index contributed by atoms with van der Waals surface area (Å²) in [5, 5.41) is 21.5. The number of fused-ring (bicyclic) bond motifs is 1. The molecule has 2 aliphatic rings. The maximum atomic E-state index is 9.35. The van der Waals surface area contributed by atoms with Gasteiger partial charge in [-0.05, 0) is 12.8 Å². The molecular weight excluding hydrogens is 206 g/mol. The SMILES string of the molecule is CC1(C)C(NCC(O)CO)C2CCCOC21. The summed E-state index contributed by atoms with van der Waals surface area (Å²) < 4.78 is 5.80. The highest BCUT2D eigenvalue weighted by Gasteiger charge is 2.57. The van der Waals surface area contributed by atoms with E-state index in [0.29, 0.717) is 24.6 Å². The minimum atomic E-state index is -0.653. The average Bonchev–Trinajstić information content (AvgIpc) is 2.28. The minimum Gasteiger partial charge on any atom is -0.394 e. The van der Waals surface area contributed by atoms with Gasteiger partial charge in [-0.1, -0.05) is 13.8 Å². The van der Waals surface area contributed by atoms with E-state index < -0.39 is 6.10 Å². The number of hydrogen-bond donors (Lipinski definition) is 3. The molecule has 2 fully saturated rings. The second-order valence-electron chi connectivity index (χ2n) is 5.64. The summed E-state index contributed by atoms with van der Waals surface area (Å²) in [7, 11) is 0. The molecule has 1 aliphatic carbocycles. The van der Waals surface area contributed by atoms with Crippen LogP contribution in [0.15, 0.2) is 0 Å². The molecule has 0 aromatic rings. The maximum absolute atomic E-state index is 9.35. The van der Waals surface area contributed by atoms with Crippen LogP contribution >= 0.6 is 0 Å². The van der Waals surface area contributed by atoms with E-state index in [2.05, 4.69) is 19.2 Å². The third-order valence-electron chi connectivity index (χ3n) is 4.12. The molecule has 0 aromatic heterocycles. The van der Waals surface area contributed by atoms with Crippen molar-refractivity contribution in [2.45, 2.75) is 44.9 Å². The van der Waals surface area contributed by atoms with Crippen molar-refractivity contribution in [1.82, 2.24) is 5.32 Å². The Labute approximate surface area is 97.0 Å². The summed E-state index contributed by atoms with van der Waals surface area (Å²) in [4.78, 5) is 0. The molecule has 94 valence electrons. The van der Waals surface area contributed by atoms with Crippen LogP contribution in [-0.4, -0.2) is 48.2 Å². The quantitative estimate of drug-likeness (QED) is 0.641. The molecule has 3 N–H and O–H groups in total. The smallest absolute Gasteiger partial charge is 0.0895 e. The van der Waals surface area contributed by atoms with Crippen molar-refractivity contribution in [3.63, 3.8) is 0 Å². The van der Waals surface area contributed by atoms with Crippen molar-refractivity contribution in [1.29, 1.82) is 0 Å². The Morgan fingerprint density at radius 2 is 2.25 bits per heavy atom. The molecule has 0 amide bonds. The van der Waals surface area contributed by atoms with Gasteiger partial charge in [0.2, 0.25) is 0 Å². The highest BCUT2D eigenvalue weighted by atomic mass is 16.5. The number of rotatable bonds is 4. The van der Waals surface area contributed by atoms with Gasteiger partial charge in [0.15, 0.2) is 0 Å². The first-order valence-electron chi connectivity index (χ1n) is 6.21. The van der Waals surface area contributed by atoms with Gasteiger partial charge in [0.25, 0.3) is 0 Å². The molecule has 1 aliphatic heterocycles. The molecule has 1 heterocycles. The van der Waals surface area contributed by atoms with Gasteiger partial charge in [-0.3, -0.25) is 0 Å². The molecule has 1 saturated heterocycles. The zero-order valence-corrected chi connectivity index (χ0v) is 10.1. The molecular formula is C12H23NO3. The highest BCUT2D eigenvalue weighted by Crippen LogP contribution is 2.51. The summed E-state index contributed by atoms with van der Waals surface area (Å²) >= 11 is 0. The summed E-state index contributed by atoms with van der Waals surface area (Å²) in [6.07, 6.45) is 2.06. The van der Waals surface area contributed by atoms with Crippen molar-refractivity contribution in [3.8, 4) is 0 Å². The lowest BCUT2D eigenvalue weighted by molar-refractivity contribution is -0.193. The van der Waals surface area contributed by atoms with E-state index in [4.69, 9.17) is 9.84 Å². The number of hydrogen-bond acceptors (Lipinski definition) is 4. The van der Waals surface area contributed by atoms with Gasteiger partial charge in [-0.25, -0.2) is 0 Å². The number of aliphatic hydroxyl groups is 2. The Kier molecular flexibility index (Phi) is 3.54. The summed E-state index contributed by atoms with van der Waals surface area (Å²) in [6.45, 7) is 5.60. The molecule has 4 nitrogen and oxygen atoms in total. The molecule has 4 atom stereocenters. The Bertz CT molecular complexity index is 244. The van der Waals surface area contributed by atoms with Crippen LogP contribution in [0.3, 0.4) is 0 Å². The normalized spacial score (nSPS) is 38.6. The first-order chi connectivity index (χ1) is 7.57. The molecule has 2 rings (SSSR count). The van der Waals surface area contributed by atoms with E-state index in [-0.39, 0.29) is 12.0 Å². The van der Waals surface area contributed by atoms with Crippen molar-refractivity contribution in [2.24, 2.45) is 11.3 Å². The fraction of sp³-hybridized carbons (Fsp3) is 1.00. The predicted octanol–water partition coefficient (Wildman–Crippen LogP) is 0.133. The van der Waals surface area contributed by atoms with Gasteiger partial charge in [-0.15, -0.1) is 0 Å². The zero-order valence-electron chi connectivity index (χ0n) is 10.1. The second kappa shape index (κ2) is 4.61. The highest BCUT2D eigenvalue weighted by molar-refractivity contribution is 5.10. The van der Waals surface area contributed by atoms with Crippen LogP contribution in [0, 0.1) is 11.3 Å². The number of ether oxygens (including phenoxy) is 1. The van der Waals surface area contributed by atoms with E-state index >= 15 is 0 Å². The van der Waals surface area contributed by atoms with E-state index in [1.165, 1.54) is 6.42 Å². The summed E-state index contributed by atoms with van der Waals surface area (Å²) in [5.74, 6) is 0.578. The van der Waals surface area contributed by atoms with Crippen molar-refractivity contribution in [2.75, 3.05) is 19.8 Å². The fourth-order valence-electron chi connectivity index (χ4n) is 3.26. The molecule has 4 heteroatoms. The van der Waals surface area contributed by atoms with Gasteiger partial charge in [0.05, 0.1) is 18.8 Å². The molecule has 1 saturated carbocycles. The minimum absolute atomic E-state index is 0.139. The van der Waals surface area contributed by atoms with Gasteiger partial charge in [0.1, 0.15) is 0 Å². The van der Waals surface area contributed by atoms with Crippen LogP contribution in [0.25, 0.3) is 0 Å². The Morgan fingerprint density at radius 3 is 2.94 bits per heavy atom. The van der Waals surface area contributed by atoms with E-state index in [1.807, 2.05) is 0 Å². The Morgan fingerprint density at radius 1 is 1.50 bits per heavy atom. The van der Waals surface area contributed by atoms with E-state index in [9.17, 15) is 5.11 Å². The van der Waals surface area contributed by atoms with Crippen LogP contribution in [0.2, 0.25) is 0 Å². The summed E-state index contributed by atoms with van der Waals surface area (Å²) in [5.41, 5.74) is 0.139. The predicted molar refractivity (Wildman–Crippen MR) is 61.1 cm³/mol. The van der Waals surface area contributed by atoms with Crippen LogP contribution in [0.1, 0.15) is 26.7 Å². The van der Waals surface area contributed by atoms with E-state index in [1.54, 1.807) is 0 Å². The van der Waals surface area contributed by atoms with Crippen molar-refractivity contribution < 1.29 is 14.9 Å². The average molecular weight is 229 g/mol. The Hall–Kier alpha value is -0.160. The van der Waals surface area contributed by atoms with Crippen LogP contribution in [0.4, 0.5) is 0 Å². The first-order valence-corrected chi connectivity index (χ1v) is 6.21. The van der Waals surface area contributed by atoms with E-state index in [0.717, 1.165) is 13.0 Å².